The first-order valence-corrected chi connectivity index (χ1v) is 11.6. The summed E-state index contributed by atoms with van der Waals surface area (Å²) >= 11 is 0. The van der Waals surface area contributed by atoms with Gasteiger partial charge in [0.05, 0.1) is 34.6 Å². The number of carbonyl (C=O) groups excluding carboxylic acids is 1. The van der Waals surface area contributed by atoms with Gasteiger partial charge in [0, 0.05) is 5.39 Å². The molecule has 0 saturated heterocycles. The number of aromatic nitrogens is 2. The number of ether oxygens (including phenoxy) is 1. The highest BCUT2D eigenvalue weighted by atomic mass is 16.5. The van der Waals surface area contributed by atoms with E-state index in [0.29, 0.717) is 12.2 Å². The van der Waals surface area contributed by atoms with Crippen LogP contribution in [0.25, 0.3) is 28.2 Å². The summed E-state index contributed by atoms with van der Waals surface area (Å²) in [7, 11) is 0. The van der Waals surface area contributed by atoms with E-state index in [1.165, 1.54) is 0 Å². The van der Waals surface area contributed by atoms with Crippen LogP contribution in [0.5, 0.6) is 0 Å². The SMILES string of the molecule is CCOC(=O)c1ccc(C=C=C(c2ccccc2)c2c3ccccc3nn2-c2ccccc2)cc1. The number of hydrogen-bond donors (Lipinski definition) is 0. The quantitative estimate of drug-likeness (QED) is 0.205. The highest BCUT2D eigenvalue weighted by molar-refractivity contribution is 5.96. The predicted octanol–water partition coefficient (Wildman–Crippen LogP) is 6.95. The highest BCUT2D eigenvalue weighted by Crippen LogP contribution is 2.31. The average molecular weight is 457 g/mol. The molecular weight excluding hydrogens is 432 g/mol. The van der Waals surface area contributed by atoms with Crippen LogP contribution in [0, 0.1) is 0 Å². The van der Waals surface area contributed by atoms with Gasteiger partial charge in [-0.2, -0.15) is 5.10 Å². The molecule has 0 fully saturated rings. The zero-order valence-corrected chi connectivity index (χ0v) is 19.4. The van der Waals surface area contributed by atoms with Crippen molar-refractivity contribution in [3.63, 3.8) is 0 Å². The van der Waals surface area contributed by atoms with Crippen molar-refractivity contribution in [2.45, 2.75) is 6.92 Å². The van der Waals surface area contributed by atoms with Gasteiger partial charge in [0.25, 0.3) is 0 Å². The third-order valence-corrected chi connectivity index (χ3v) is 5.68. The van der Waals surface area contributed by atoms with Crippen molar-refractivity contribution in [2.24, 2.45) is 0 Å². The Bertz CT molecular complexity index is 1530. The molecule has 5 rings (SSSR count). The third-order valence-electron chi connectivity index (χ3n) is 5.68. The Balaban J connectivity index is 1.70. The van der Waals surface area contributed by atoms with Crippen molar-refractivity contribution in [1.82, 2.24) is 9.78 Å². The molecule has 0 aliphatic carbocycles. The molecule has 0 amide bonds. The lowest BCUT2D eigenvalue weighted by Crippen LogP contribution is -2.04. The number of carbonyl (C=O) groups is 1. The van der Waals surface area contributed by atoms with Crippen LogP contribution in [0.15, 0.2) is 115 Å². The first-order valence-electron chi connectivity index (χ1n) is 11.6. The van der Waals surface area contributed by atoms with Crippen molar-refractivity contribution in [3.8, 4) is 5.69 Å². The Kier molecular flexibility index (Phi) is 6.38. The first kappa shape index (κ1) is 22.1. The summed E-state index contributed by atoms with van der Waals surface area (Å²) in [4.78, 5) is 12.0. The Labute approximate surface area is 204 Å². The minimum atomic E-state index is -0.318. The summed E-state index contributed by atoms with van der Waals surface area (Å²) in [6.07, 6.45) is 1.94. The molecule has 0 aliphatic heterocycles. The van der Waals surface area contributed by atoms with E-state index >= 15 is 0 Å². The molecule has 1 heterocycles. The zero-order chi connectivity index (χ0) is 24.0. The van der Waals surface area contributed by atoms with E-state index in [1.807, 2.05) is 77.5 Å². The van der Waals surface area contributed by atoms with E-state index in [0.717, 1.165) is 39.0 Å². The van der Waals surface area contributed by atoms with Gasteiger partial charge in [0.2, 0.25) is 0 Å². The van der Waals surface area contributed by atoms with E-state index in [9.17, 15) is 4.79 Å². The van der Waals surface area contributed by atoms with Crippen molar-refractivity contribution in [1.29, 1.82) is 0 Å². The average Bonchev–Trinajstić information content (AvgIpc) is 3.30. The number of rotatable bonds is 6. The van der Waals surface area contributed by atoms with Crippen LogP contribution >= 0.6 is 0 Å². The summed E-state index contributed by atoms with van der Waals surface area (Å²) in [5, 5.41) is 5.97. The lowest BCUT2D eigenvalue weighted by Gasteiger charge is -2.11. The van der Waals surface area contributed by atoms with Gasteiger partial charge in [-0.3, -0.25) is 0 Å². The van der Waals surface area contributed by atoms with E-state index < -0.39 is 0 Å². The summed E-state index contributed by atoms with van der Waals surface area (Å²) < 4.78 is 7.07. The number of esters is 1. The van der Waals surface area contributed by atoms with Gasteiger partial charge in [0.15, 0.2) is 0 Å². The van der Waals surface area contributed by atoms with Crippen LogP contribution in [0.2, 0.25) is 0 Å². The monoisotopic (exact) mass is 456 g/mol. The Morgan fingerprint density at radius 1 is 0.829 bits per heavy atom. The molecule has 170 valence electrons. The second kappa shape index (κ2) is 10.1. The van der Waals surface area contributed by atoms with Crippen LogP contribution in [0.4, 0.5) is 0 Å². The number of fused-ring (bicyclic) bond motifs is 1. The van der Waals surface area contributed by atoms with Crippen molar-refractivity contribution < 1.29 is 9.53 Å². The Morgan fingerprint density at radius 2 is 1.49 bits per heavy atom. The zero-order valence-electron chi connectivity index (χ0n) is 19.4. The standard InChI is InChI=1S/C31H24N2O2/c1-2-35-31(34)25-20-17-23(18-21-25)19-22-27(24-11-5-3-6-12-24)30-28-15-9-10-16-29(28)32-33(30)26-13-7-4-8-14-26/h3-21H,2H2,1H3. The molecule has 0 unspecified atom stereocenters. The molecule has 4 heteroatoms. The van der Waals surface area contributed by atoms with Gasteiger partial charge < -0.3 is 4.74 Å². The minimum absolute atomic E-state index is 0.318. The molecule has 0 N–H and O–H groups in total. The number of benzene rings is 4. The normalized spacial score (nSPS) is 10.5. The molecular formula is C31H24N2O2. The second-order valence-electron chi connectivity index (χ2n) is 7.99. The van der Waals surface area contributed by atoms with E-state index in [1.54, 1.807) is 19.1 Å². The van der Waals surface area contributed by atoms with Crippen LogP contribution in [0.3, 0.4) is 0 Å². The second-order valence-corrected chi connectivity index (χ2v) is 7.99. The van der Waals surface area contributed by atoms with E-state index in [2.05, 4.69) is 36.1 Å². The molecule has 1 aromatic heterocycles. The predicted molar refractivity (Wildman–Crippen MR) is 140 cm³/mol. The maximum Gasteiger partial charge on any atom is 0.338 e. The highest BCUT2D eigenvalue weighted by Gasteiger charge is 2.17. The Hall–Kier alpha value is -4.66. The molecule has 0 radical (unpaired) electrons. The van der Waals surface area contributed by atoms with Crippen LogP contribution < -0.4 is 0 Å². The summed E-state index contributed by atoms with van der Waals surface area (Å²) in [6.45, 7) is 2.15. The fraction of sp³-hybridized carbons (Fsp3) is 0.0645. The summed E-state index contributed by atoms with van der Waals surface area (Å²) in [5.74, 6) is -0.318. The largest absolute Gasteiger partial charge is 0.462 e. The van der Waals surface area contributed by atoms with Gasteiger partial charge >= 0.3 is 5.97 Å². The van der Waals surface area contributed by atoms with Crippen LogP contribution in [-0.2, 0) is 4.74 Å². The molecule has 35 heavy (non-hydrogen) atoms. The molecule has 4 nitrogen and oxygen atoms in total. The van der Waals surface area contributed by atoms with Gasteiger partial charge in [-0.25, -0.2) is 9.48 Å². The number of nitrogens with zero attached hydrogens (tertiary/aromatic N) is 2. The van der Waals surface area contributed by atoms with Gasteiger partial charge in [-0.1, -0.05) is 78.9 Å². The lowest BCUT2D eigenvalue weighted by atomic mass is 10.00. The molecule has 0 saturated carbocycles. The smallest absolute Gasteiger partial charge is 0.338 e. The van der Waals surface area contributed by atoms with Gasteiger partial charge in [-0.15, -0.1) is 5.73 Å². The maximum atomic E-state index is 12.0. The van der Waals surface area contributed by atoms with Gasteiger partial charge in [0.1, 0.15) is 0 Å². The molecule has 0 spiro atoms. The number of para-hydroxylation sites is 1. The fourth-order valence-corrected chi connectivity index (χ4v) is 4.01. The Morgan fingerprint density at radius 3 is 2.20 bits per heavy atom. The first-order chi connectivity index (χ1) is 17.2. The lowest BCUT2D eigenvalue weighted by molar-refractivity contribution is 0.0526. The van der Waals surface area contributed by atoms with Crippen molar-refractivity contribution in [2.75, 3.05) is 6.61 Å². The molecule has 0 aliphatic rings. The molecule has 0 atom stereocenters. The molecule has 0 bridgehead atoms. The summed E-state index contributed by atoms with van der Waals surface area (Å²) in [6, 6.07) is 35.8. The van der Waals surface area contributed by atoms with Crippen LogP contribution in [0.1, 0.15) is 34.1 Å². The van der Waals surface area contributed by atoms with Gasteiger partial charge in [-0.05, 0) is 54.5 Å². The molecule has 5 aromatic rings. The topological polar surface area (TPSA) is 44.1 Å². The molecule has 4 aromatic carbocycles. The van der Waals surface area contributed by atoms with Crippen molar-refractivity contribution >= 4 is 28.5 Å². The van der Waals surface area contributed by atoms with E-state index in [4.69, 9.17) is 9.84 Å². The summed E-state index contributed by atoms with van der Waals surface area (Å²) in [5.41, 5.74) is 9.84. The fourth-order valence-electron chi connectivity index (χ4n) is 4.01. The van der Waals surface area contributed by atoms with E-state index in [-0.39, 0.29) is 5.97 Å². The third kappa shape index (κ3) is 4.70. The number of hydrogen-bond acceptors (Lipinski definition) is 3. The van der Waals surface area contributed by atoms with Crippen LogP contribution in [-0.4, -0.2) is 22.4 Å². The maximum absolute atomic E-state index is 12.0. The minimum Gasteiger partial charge on any atom is -0.462 e. The van der Waals surface area contributed by atoms with Crippen molar-refractivity contribution in [3.05, 3.63) is 137 Å².